The summed E-state index contributed by atoms with van der Waals surface area (Å²) in [6.45, 7) is 0.607. The van der Waals surface area contributed by atoms with Crippen LogP contribution in [0.15, 0.2) is 24.5 Å². The number of hydrogen-bond acceptors (Lipinski definition) is 7. The molecule has 10 heteroatoms. The minimum atomic E-state index is -4.57. The van der Waals surface area contributed by atoms with Crippen molar-refractivity contribution in [3.8, 4) is 6.07 Å². The normalized spacial score (nSPS) is 11.0. The molecule has 2 heterocycles. The van der Waals surface area contributed by atoms with Crippen LogP contribution in [0.25, 0.3) is 0 Å². The monoisotopic (exact) mass is 337 g/mol. The zero-order valence-electron chi connectivity index (χ0n) is 12.4. The van der Waals surface area contributed by atoms with Crippen LogP contribution in [0.2, 0.25) is 0 Å². The predicted molar refractivity (Wildman–Crippen MR) is 81.4 cm³/mol. The van der Waals surface area contributed by atoms with Gasteiger partial charge in [0.25, 0.3) is 0 Å². The summed E-state index contributed by atoms with van der Waals surface area (Å²) in [5, 5.41) is 14.0. The van der Waals surface area contributed by atoms with Gasteiger partial charge < -0.3 is 16.4 Å². The largest absolute Gasteiger partial charge is 0.421 e. The highest BCUT2D eigenvalue weighted by atomic mass is 19.4. The third kappa shape index (κ3) is 4.53. The van der Waals surface area contributed by atoms with Gasteiger partial charge in [-0.1, -0.05) is 0 Å². The highest BCUT2D eigenvalue weighted by Crippen LogP contribution is 2.34. The number of aromatic nitrogens is 3. The van der Waals surface area contributed by atoms with Gasteiger partial charge in [-0.2, -0.15) is 23.4 Å². The van der Waals surface area contributed by atoms with Gasteiger partial charge in [-0.3, -0.25) is 0 Å². The number of nitrogens with two attached hydrogens (primary N) is 1. The van der Waals surface area contributed by atoms with Crippen LogP contribution >= 0.6 is 0 Å². The Morgan fingerprint density at radius 3 is 2.58 bits per heavy atom. The lowest BCUT2D eigenvalue weighted by molar-refractivity contribution is -0.137. The second-order valence-electron chi connectivity index (χ2n) is 4.69. The van der Waals surface area contributed by atoms with Crippen molar-refractivity contribution in [1.29, 1.82) is 5.26 Å². The molecule has 0 saturated carbocycles. The van der Waals surface area contributed by atoms with Crippen LogP contribution < -0.4 is 16.4 Å². The highest BCUT2D eigenvalue weighted by Gasteiger charge is 2.35. The van der Waals surface area contributed by atoms with E-state index in [1.54, 1.807) is 6.07 Å². The number of nitrogens with zero attached hydrogens (tertiary/aromatic N) is 4. The van der Waals surface area contributed by atoms with Crippen LogP contribution in [0.1, 0.15) is 17.7 Å². The van der Waals surface area contributed by atoms with Crippen molar-refractivity contribution in [2.45, 2.75) is 12.6 Å². The standard InChI is InChI=1S/C14H14F3N7/c15-14(16,17)11-8-22-13(24-12(11)20-5-1-4-18)23-10-3-2-9(6-19)21-7-10/h2-3,7-8H,1,4-5,18H2,(H2,20,22,23,24). The second kappa shape index (κ2) is 7.56. The summed E-state index contributed by atoms with van der Waals surface area (Å²) in [6.07, 6.45) is -2.00. The molecule has 0 fully saturated rings. The van der Waals surface area contributed by atoms with Gasteiger partial charge >= 0.3 is 6.18 Å². The molecule has 2 aromatic rings. The van der Waals surface area contributed by atoms with Gasteiger partial charge in [0.1, 0.15) is 23.1 Å². The van der Waals surface area contributed by atoms with Crippen LogP contribution in [0.4, 0.5) is 30.6 Å². The van der Waals surface area contributed by atoms with E-state index in [1.807, 2.05) is 6.07 Å². The molecule has 0 unspecified atom stereocenters. The maximum absolute atomic E-state index is 13.0. The number of rotatable bonds is 6. The Morgan fingerprint density at radius 1 is 1.21 bits per heavy atom. The maximum atomic E-state index is 13.0. The fourth-order valence-corrected chi connectivity index (χ4v) is 1.76. The van der Waals surface area contributed by atoms with Crippen molar-refractivity contribution in [3.63, 3.8) is 0 Å². The van der Waals surface area contributed by atoms with Gasteiger partial charge in [0.15, 0.2) is 0 Å². The predicted octanol–water partition coefficient (Wildman–Crippen LogP) is 2.27. The lowest BCUT2D eigenvalue weighted by Crippen LogP contribution is -2.16. The van der Waals surface area contributed by atoms with Gasteiger partial charge in [0, 0.05) is 12.7 Å². The Balaban J connectivity index is 2.23. The zero-order valence-corrected chi connectivity index (χ0v) is 12.4. The van der Waals surface area contributed by atoms with Crippen LogP contribution in [0.5, 0.6) is 0 Å². The molecule has 2 rings (SSSR count). The molecule has 0 aromatic carbocycles. The van der Waals surface area contributed by atoms with Crippen molar-refractivity contribution in [1.82, 2.24) is 15.0 Å². The summed E-state index contributed by atoms with van der Waals surface area (Å²) in [7, 11) is 0. The summed E-state index contributed by atoms with van der Waals surface area (Å²) in [4.78, 5) is 11.4. The van der Waals surface area contributed by atoms with E-state index in [-0.39, 0.29) is 24.0 Å². The van der Waals surface area contributed by atoms with Crippen LogP contribution in [-0.2, 0) is 6.18 Å². The molecule has 0 radical (unpaired) electrons. The van der Waals surface area contributed by atoms with Gasteiger partial charge in [-0.05, 0) is 25.1 Å². The lowest BCUT2D eigenvalue weighted by Gasteiger charge is -2.14. The number of pyridine rings is 1. The minimum absolute atomic E-state index is 0.0234. The van der Waals surface area contributed by atoms with Crippen molar-refractivity contribution < 1.29 is 13.2 Å². The van der Waals surface area contributed by atoms with Gasteiger partial charge in [-0.15, -0.1) is 0 Å². The molecule has 126 valence electrons. The Labute approximate surface area is 135 Å². The molecule has 0 saturated heterocycles. The molecule has 0 spiro atoms. The Hall–Kier alpha value is -2.93. The van der Waals surface area contributed by atoms with E-state index in [2.05, 4.69) is 25.6 Å². The second-order valence-corrected chi connectivity index (χ2v) is 4.69. The van der Waals surface area contributed by atoms with E-state index < -0.39 is 11.7 Å². The Morgan fingerprint density at radius 2 is 2.00 bits per heavy atom. The minimum Gasteiger partial charge on any atom is -0.369 e. The van der Waals surface area contributed by atoms with Crippen LogP contribution in [0.3, 0.4) is 0 Å². The lowest BCUT2D eigenvalue weighted by atomic mass is 10.3. The first-order chi connectivity index (χ1) is 11.4. The summed E-state index contributed by atoms with van der Waals surface area (Å²) < 4.78 is 39.0. The number of hydrogen-bond donors (Lipinski definition) is 3. The average molecular weight is 337 g/mol. The van der Waals surface area contributed by atoms with Crippen molar-refractivity contribution >= 4 is 17.5 Å². The first-order valence-corrected chi connectivity index (χ1v) is 6.95. The molecule has 7 nitrogen and oxygen atoms in total. The van der Waals surface area contributed by atoms with Crippen LogP contribution in [0, 0.1) is 11.3 Å². The number of halogens is 3. The summed E-state index contributed by atoms with van der Waals surface area (Å²) in [5.74, 6) is -0.347. The molecule has 0 aliphatic heterocycles. The Bertz CT molecular complexity index is 723. The summed E-state index contributed by atoms with van der Waals surface area (Å²) in [6, 6.07) is 4.88. The first-order valence-electron chi connectivity index (χ1n) is 6.95. The molecule has 2 aromatic heterocycles. The Kier molecular flexibility index (Phi) is 5.49. The fourth-order valence-electron chi connectivity index (χ4n) is 1.76. The third-order valence-corrected chi connectivity index (χ3v) is 2.90. The van der Waals surface area contributed by atoms with E-state index in [4.69, 9.17) is 11.0 Å². The fraction of sp³-hybridized carbons (Fsp3) is 0.286. The van der Waals surface area contributed by atoms with E-state index in [0.29, 0.717) is 24.8 Å². The number of nitriles is 1. The van der Waals surface area contributed by atoms with Gasteiger partial charge in [0.2, 0.25) is 5.95 Å². The highest BCUT2D eigenvalue weighted by molar-refractivity contribution is 5.56. The SMILES string of the molecule is N#Cc1ccc(Nc2ncc(C(F)(F)F)c(NCCCN)n2)cn1. The smallest absolute Gasteiger partial charge is 0.369 e. The molecule has 0 amide bonds. The summed E-state index contributed by atoms with van der Waals surface area (Å²) >= 11 is 0. The molecule has 0 atom stereocenters. The van der Waals surface area contributed by atoms with Gasteiger partial charge in [-0.25, -0.2) is 9.97 Å². The van der Waals surface area contributed by atoms with Crippen LogP contribution in [-0.4, -0.2) is 28.0 Å². The van der Waals surface area contributed by atoms with E-state index in [1.165, 1.54) is 12.3 Å². The van der Waals surface area contributed by atoms with Crippen molar-refractivity contribution in [2.24, 2.45) is 5.73 Å². The van der Waals surface area contributed by atoms with Gasteiger partial charge in [0.05, 0.1) is 11.9 Å². The van der Waals surface area contributed by atoms with E-state index in [0.717, 1.165) is 0 Å². The quantitative estimate of drug-likeness (QED) is 0.693. The first kappa shape index (κ1) is 17.4. The third-order valence-electron chi connectivity index (χ3n) is 2.90. The molecular weight excluding hydrogens is 323 g/mol. The number of nitrogens with one attached hydrogen (secondary N) is 2. The van der Waals surface area contributed by atoms with E-state index >= 15 is 0 Å². The summed E-state index contributed by atoms with van der Waals surface area (Å²) in [5.41, 5.74) is 5.05. The molecule has 4 N–H and O–H groups in total. The van der Waals surface area contributed by atoms with E-state index in [9.17, 15) is 13.2 Å². The average Bonchev–Trinajstić information content (AvgIpc) is 2.55. The molecule has 24 heavy (non-hydrogen) atoms. The number of alkyl halides is 3. The number of anilines is 3. The van der Waals surface area contributed by atoms with Crippen molar-refractivity contribution in [3.05, 3.63) is 35.8 Å². The maximum Gasteiger partial charge on any atom is 0.421 e. The zero-order chi connectivity index (χ0) is 17.6. The molecule has 0 aliphatic rings. The molecule has 0 aliphatic carbocycles. The topological polar surface area (TPSA) is 113 Å². The molecular formula is C14H14F3N7. The molecule has 0 bridgehead atoms. The van der Waals surface area contributed by atoms with Crippen molar-refractivity contribution in [2.75, 3.05) is 23.7 Å².